The maximum atomic E-state index is 13.1. The van der Waals surface area contributed by atoms with Gasteiger partial charge in [0.2, 0.25) is 0 Å². The van der Waals surface area contributed by atoms with Crippen molar-refractivity contribution < 1.29 is 9.13 Å². The molecule has 2 rings (SSSR count). The summed E-state index contributed by atoms with van der Waals surface area (Å²) < 4.78 is 18.8. The zero-order valence-electron chi connectivity index (χ0n) is 14.7. The highest BCUT2D eigenvalue weighted by atomic mass is 19.1. The molecule has 0 radical (unpaired) electrons. The van der Waals surface area contributed by atoms with Crippen LogP contribution in [0.4, 0.5) is 4.39 Å². The van der Waals surface area contributed by atoms with E-state index in [9.17, 15) is 4.39 Å². The van der Waals surface area contributed by atoms with E-state index in [1.807, 2.05) is 24.3 Å². The molecule has 0 bridgehead atoms. The number of benzene rings is 2. The number of hydrogen-bond acceptors (Lipinski definition) is 2. The van der Waals surface area contributed by atoms with Crippen molar-refractivity contribution in [3.05, 3.63) is 71.5 Å². The summed E-state index contributed by atoms with van der Waals surface area (Å²) in [4.78, 5) is 4.16. The molecule has 0 fully saturated rings. The van der Waals surface area contributed by atoms with Crippen LogP contribution in [0.25, 0.3) is 0 Å². The number of guanidine groups is 1. The van der Waals surface area contributed by atoms with Gasteiger partial charge in [0.1, 0.15) is 5.82 Å². The Kier molecular flexibility index (Phi) is 8.49. The molecule has 0 heterocycles. The first-order chi connectivity index (χ1) is 12.3. The summed E-state index contributed by atoms with van der Waals surface area (Å²) >= 11 is 0. The Morgan fingerprint density at radius 1 is 1.00 bits per heavy atom. The molecule has 2 N–H and O–H groups in total. The standard InChI is InChI=1S/C20H26FN3O/c1-22-20(24-16-18-9-5-10-19(21)15-18)23-12-6-13-25-14-11-17-7-3-2-4-8-17/h2-5,7-10,15H,6,11-14,16H2,1H3,(H2,22,23,24). The van der Waals surface area contributed by atoms with Gasteiger partial charge >= 0.3 is 0 Å². The van der Waals surface area contributed by atoms with Crippen LogP contribution in [0.5, 0.6) is 0 Å². The van der Waals surface area contributed by atoms with Crippen molar-refractivity contribution in [3.63, 3.8) is 0 Å². The third-order valence-corrected chi connectivity index (χ3v) is 3.71. The SMILES string of the molecule is CN=C(NCCCOCCc1ccccc1)NCc1cccc(F)c1. The molecule has 0 aliphatic rings. The van der Waals surface area contributed by atoms with E-state index in [0.29, 0.717) is 19.1 Å². The van der Waals surface area contributed by atoms with Gasteiger partial charge in [0.05, 0.1) is 6.61 Å². The topological polar surface area (TPSA) is 45.7 Å². The van der Waals surface area contributed by atoms with Gasteiger partial charge < -0.3 is 15.4 Å². The number of halogens is 1. The first-order valence-electron chi connectivity index (χ1n) is 8.58. The molecule has 0 unspecified atom stereocenters. The minimum atomic E-state index is -0.227. The first-order valence-corrected chi connectivity index (χ1v) is 8.58. The predicted molar refractivity (Wildman–Crippen MR) is 100 cm³/mol. The molecule has 0 aromatic heterocycles. The quantitative estimate of drug-likeness (QED) is 0.418. The number of aliphatic imine (C=N–C) groups is 1. The van der Waals surface area contributed by atoms with Crippen LogP contribution < -0.4 is 10.6 Å². The molecule has 0 aliphatic heterocycles. The second-order valence-corrected chi connectivity index (χ2v) is 5.68. The molecule has 0 saturated heterocycles. The highest BCUT2D eigenvalue weighted by Gasteiger charge is 1.99. The Morgan fingerprint density at radius 2 is 1.80 bits per heavy atom. The summed E-state index contributed by atoms with van der Waals surface area (Å²) in [5.41, 5.74) is 2.18. The highest BCUT2D eigenvalue weighted by Crippen LogP contribution is 2.02. The van der Waals surface area contributed by atoms with Crippen molar-refractivity contribution in [3.8, 4) is 0 Å². The van der Waals surface area contributed by atoms with Crippen molar-refractivity contribution in [2.75, 3.05) is 26.8 Å². The number of nitrogens with one attached hydrogen (secondary N) is 2. The lowest BCUT2D eigenvalue weighted by Crippen LogP contribution is -2.37. The predicted octanol–water partition coefficient (Wildman–Crippen LogP) is 3.14. The molecule has 0 amide bonds. The van der Waals surface area contributed by atoms with Crippen molar-refractivity contribution in [1.82, 2.24) is 10.6 Å². The second kappa shape index (κ2) is 11.2. The molecule has 0 atom stereocenters. The van der Waals surface area contributed by atoms with Gasteiger partial charge in [-0.2, -0.15) is 0 Å². The Balaban J connectivity index is 1.54. The normalized spacial score (nSPS) is 11.4. The van der Waals surface area contributed by atoms with E-state index in [1.165, 1.54) is 17.7 Å². The van der Waals surface area contributed by atoms with Gasteiger partial charge in [-0.1, -0.05) is 42.5 Å². The lowest BCUT2D eigenvalue weighted by Gasteiger charge is -2.12. The van der Waals surface area contributed by atoms with Crippen LogP contribution in [0.2, 0.25) is 0 Å². The third-order valence-electron chi connectivity index (χ3n) is 3.71. The maximum Gasteiger partial charge on any atom is 0.191 e. The summed E-state index contributed by atoms with van der Waals surface area (Å²) in [5, 5.41) is 6.40. The minimum absolute atomic E-state index is 0.227. The van der Waals surface area contributed by atoms with Gasteiger partial charge in [-0.3, -0.25) is 4.99 Å². The number of nitrogens with zero attached hydrogens (tertiary/aromatic N) is 1. The summed E-state index contributed by atoms with van der Waals surface area (Å²) in [7, 11) is 1.72. The number of ether oxygens (including phenoxy) is 1. The molecule has 0 saturated carbocycles. The monoisotopic (exact) mass is 343 g/mol. The Hall–Kier alpha value is -2.40. The lowest BCUT2D eigenvalue weighted by atomic mass is 10.2. The van der Waals surface area contributed by atoms with Gasteiger partial charge in [-0.05, 0) is 36.1 Å². The third kappa shape index (κ3) is 7.81. The van der Waals surface area contributed by atoms with Crippen LogP contribution in [0, 0.1) is 5.82 Å². The van der Waals surface area contributed by atoms with E-state index < -0.39 is 0 Å². The minimum Gasteiger partial charge on any atom is -0.381 e. The number of rotatable bonds is 9. The van der Waals surface area contributed by atoms with Gasteiger partial charge in [-0.15, -0.1) is 0 Å². The zero-order valence-corrected chi connectivity index (χ0v) is 14.7. The highest BCUT2D eigenvalue weighted by molar-refractivity contribution is 5.79. The number of hydrogen-bond donors (Lipinski definition) is 2. The summed E-state index contributed by atoms with van der Waals surface area (Å²) in [6, 6.07) is 16.9. The molecule has 0 aliphatic carbocycles. The molecule has 25 heavy (non-hydrogen) atoms. The largest absolute Gasteiger partial charge is 0.381 e. The van der Waals surface area contributed by atoms with Crippen LogP contribution in [-0.4, -0.2) is 32.8 Å². The molecular formula is C20H26FN3O. The van der Waals surface area contributed by atoms with Crippen molar-refractivity contribution >= 4 is 5.96 Å². The average molecular weight is 343 g/mol. The lowest BCUT2D eigenvalue weighted by molar-refractivity contribution is 0.135. The van der Waals surface area contributed by atoms with E-state index in [4.69, 9.17) is 4.74 Å². The fourth-order valence-electron chi connectivity index (χ4n) is 2.37. The van der Waals surface area contributed by atoms with Gasteiger partial charge in [0, 0.05) is 26.7 Å². The van der Waals surface area contributed by atoms with Crippen LogP contribution in [0.15, 0.2) is 59.6 Å². The van der Waals surface area contributed by atoms with Crippen molar-refractivity contribution in [2.24, 2.45) is 4.99 Å². The van der Waals surface area contributed by atoms with Gasteiger partial charge in [0.25, 0.3) is 0 Å². The van der Waals surface area contributed by atoms with E-state index >= 15 is 0 Å². The van der Waals surface area contributed by atoms with E-state index in [2.05, 4.69) is 27.8 Å². The van der Waals surface area contributed by atoms with Crippen LogP contribution in [-0.2, 0) is 17.7 Å². The fourth-order valence-corrected chi connectivity index (χ4v) is 2.37. The van der Waals surface area contributed by atoms with Crippen molar-refractivity contribution in [2.45, 2.75) is 19.4 Å². The molecule has 2 aromatic carbocycles. The van der Waals surface area contributed by atoms with Crippen LogP contribution in [0.1, 0.15) is 17.5 Å². The van der Waals surface area contributed by atoms with Crippen LogP contribution >= 0.6 is 0 Å². The Labute approximate surface area is 149 Å². The second-order valence-electron chi connectivity index (χ2n) is 5.68. The molecule has 4 nitrogen and oxygen atoms in total. The Morgan fingerprint density at radius 3 is 2.56 bits per heavy atom. The summed E-state index contributed by atoms with van der Waals surface area (Å²) in [6.07, 6.45) is 1.83. The first kappa shape index (κ1) is 18.9. The molecule has 0 spiro atoms. The van der Waals surface area contributed by atoms with E-state index in [-0.39, 0.29) is 5.82 Å². The van der Waals surface area contributed by atoms with Crippen molar-refractivity contribution in [1.29, 1.82) is 0 Å². The molecule has 2 aromatic rings. The van der Waals surface area contributed by atoms with E-state index in [1.54, 1.807) is 13.1 Å². The maximum absolute atomic E-state index is 13.1. The molecular weight excluding hydrogens is 317 g/mol. The Bertz CT molecular complexity index is 646. The van der Waals surface area contributed by atoms with Crippen LogP contribution in [0.3, 0.4) is 0 Å². The summed E-state index contributed by atoms with van der Waals surface area (Å²) in [6.45, 7) is 2.75. The smallest absolute Gasteiger partial charge is 0.191 e. The molecule has 5 heteroatoms. The van der Waals surface area contributed by atoms with E-state index in [0.717, 1.165) is 31.6 Å². The fraction of sp³-hybridized carbons (Fsp3) is 0.350. The zero-order chi connectivity index (χ0) is 17.7. The van der Waals surface area contributed by atoms with Gasteiger partial charge in [0.15, 0.2) is 5.96 Å². The van der Waals surface area contributed by atoms with Gasteiger partial charge in [-0.25, -0.2) is 4.39 Å². The average Bonchev–Trinajstić information content (AvgIpc) is 2.64. The molecule has 134 valence electrons. The summed E-state index contributed by atoms with van der Waals surface area (Å²) in [5.74, 6) is 0.475.